The van der Waals surface area contributed by atoms with E-state index in [4.69, 9.17) is 4.74 Å². The lowest BCUT2D eigenvalue weighted by Crippen LogP contribution is -2.42. The summed E-state index contributed by atoms with van der Waals surface area (Å²) in [6, 6.07) is 21.5. The highest BCUT2D eigenvalue weighted by atomic mass is 32.2. The standard InChI is InChI=1S/C25H26N2O4S/c1-4-27-22-15-12-20(16-23(22)31-17-25(2,3)24(27)28)26-32(29,30)21-13-10-19(11-14-21)18-8-6-5-7-9-18/h5-16,26H,4,17H2,1-3H3. The van der Waals surface area contributed by atoms with Crippen molar-refractivity contribution in [3.8, 4) is 16.9 Å². The number of benzene rings is 3. The number of hydrogen-bond donors (Lipinski definition) is 1. The van der Waals surface area contributed by atoms with E-state index in [1.807, 2.05) is 51.1 Å². The molecule has 1 N–H and O–H groups in total. The van der Waals surface area contributed by atoms with Crippen LogP contribution in [0, 0.1) is 5.41 Å². The topological polar surface area (TPSA) is 75.7 Å². The first-order valence-corrected chi connectivity index (χ1v) is 12.0. The zero-order valence-corrected chi connectivity index (χ0v) is 19.1. The molecule has 1 aliphatic heterocycles. The molecule has 0 saturated carbocycles. The molecule has 32 heavy (non-hydrogen) atoms. The normalized spacial score (nSPS) is 15.5. The Kier molecular flexibility index (Phi) is 5.69. The van der Waals surface area contributed by atoms with Gasteiger partial charge in [0.05, 0.1) is 21.7 Å². The third kappa shape index (κ3) is 4.21. The number of amides is 1. The maximum Gasteiger partial charge on any atom is 0.261 e. The number of carbonyl (C=O) groups is 1. The van der Waals surface area contributed by atoms with Crippen molar-refractivity contribution in [3.63, 3.8) is 0 Å². The van der Waals surface area contributed by atoms with Crippen LogP contribution < -0.4 is 14.4 Å². The minimum absolute atomic E-state index is 0.0226. The molecule has 6 nitrogen and oxygen atoms in total. The molecule has 3 aromatic rings. The van der Waals surface area contributed by atoms with Crippen molar-refractivity contribution in [1.82, 2.24) is 0 Å². The fraction of sp³-hybridized carbons (Fsp3) is 0.240. The highest BCUT2D eigenvalue weighted by molar-refractivity contribution is 7.92. The summed E-state index contributed by atoms with van der Waals surface area (Å²) in [4.78, 5) is 14.7. The van der Waals surface area contributed by atoms with Gasteiger partial charge in [-0.05, 0) is 56.2 Å². The lowest BCUT2D eigenvalue weighted by Gasteiger charge is -2.26. The van der Waals surface area contributed by atoms with Crippen LogP contribution in [0.15, 0.2) is 77.7 Å². The number of ether oxygens (including phenoxy) is 1. The molecule has 0 fully saturated rings. The van der Waals surface area contributed by atoms with E-state index in [2.05, 4.69) is 4.72 Å². The van der Waals surface area contributed by atoms with E-state index in [0.29, 0.717) is 23.7 Å². The van der Waals surface area contributed by atoms with Crippen LogP contribution in [0.3, 0.4) is 0 Å². The Morgan fingerprint density at radius 2 is 1.62 bits per heavy atom. The minimum atomic E-state index is -3.79. The summed E-state index contributed by atoms with van der Waals surface area (Å²) in [5.74, 6) is 0.455. The number of nitrogens with one attached hydrogen (secondary N) is 1. The van der Waals surface area contributed by atoms with Crippen LogP contribution in [-0.4, -0.2) is 27.5 Å². The van der Waals surface area contributed by atoms with Crippen LogP contribution in [0.1, 0.15) is 20.8 Å². The van der Waals surface area contributed by atoms with Crippen LogP contribution in [0.2, 0.25) is 0 Å². The second kappa shape index (κ2) is 8.31. The molecule has 0 aliphatic carbocycles. The van der Waals surface area contributed by atoms with Gasteiger partial charge in [-0.1, -0.05) is 42.5 Å². The van der Waals surface area contributed by atoms with E-state index in [0.717, 1.165) is 11.1 Å². The largest absolute Gasteiger partial charge is 0.490 e. The van der Waals surface area contributed by atoms with Gasteiger partial charge in [-0.2, -0.15) is 0 Å². The predicted octanol–water partition coefficient (Wildman–Crippen LogP) is 4.93. The van der Waals surface area contributed by atoms with Gasteiger partial charge in [0.2, 0.25) is 5.91 Å². The van der Waals surface area contributed by atoms with Gasteiger partial charge in [-0.3, -0.25) is 9.52 Å². The lowest BCUT2D eigenvalue weighted by molar-refractivity contribution is -0.127. The van der Waals surface area contributed by atoms with Crippen LogP contribution in [-0.2, 0) is 14.8 Å². The zero-order chi connectivity index (χ0) is 22.9. The number of anilines is 2. The molecule has 0 unspecified atom stereocenters. The average molecular weight is 451 g/mol. The summed E-state index contributed by atoms with van der Waals surface area (Å²) in [7, 11) is -3.79. The molecule has 4 rings (SSSR count). The predicted molar refractivity (Wildman–Crippen MR) is 126 cm³/mol. The maximum absolute atomic E-state index is 12.9. The first kappa shape index (κ1) is 21.9. The fourth-order valence-corrected chi connectivity index (χ4v) is 4.75. The third-order valence-corrected chi connectivity index (χ3v) is 6.90. The molecule has 0 bridgehead atoms. The Bertz CT molecular complexity index is 1240. The molecule has 166 valence electrons. The van der Waals surface area contributed by atoms with Gasteiger partial charge < -0.3 is 9.64 Å². The molecule has 7 heteroatoms. The molecular weight excluding hydrogens is 424 g/mol. The van der Waals surface area contributed by atoms with E-state index in [1.54, 1.807) is 47.4 Å². The monoisotopic (exact) mass is 450 g/mol. The number of rotatable bonds is 5. The summed E-state index contributed by atoms with van der Waals surface area (Å²) in [6.07, 6.45) is 0. The number of nitrogens with zero attached hydrogens (tertiary/aromatic N) is 1. The summed E-state index contributed by atoms with van der Waals surface area (Å²) in [5.41, 5.74) is 2.30. The molecule has 0 spiro atoms. The van der Waals surface area contributed by atoms with E-state index in [1.165, 1.54) is 0 Å². The fourth-order valence-electron chi connectivity index (χ4n) is 3.70. The smallest absolute Gasteiger partial charge is 0.261 e. The minimum Gasteiger partial charge on any atom is -0.490 e. The lowest BCUT2D eigenvalue weighted by atomic mass is 9.93. The van der Waals surface area contributed by atoms with Gasteiger partial charge in [-0.15, -0.1) is 0 Å². The van der Waals surface area contributed by atoms with Crippen LogP contribution in [0.25, 0.3) is 11.1 Å². The Hall–Kier alpha value is -3.32. The SMILES string of the molecule is CCN1C(=O)C(C)(C)COc2cc(NS(=O)(=O)c3ccc(-c4ccccc4)cc3)ccc21. The van der Waals surface area contributed by atoms with Crippen LogP contribution in [0.5, 0.6) is 5.75 Å². The quantitative estimate of drug-likeness (QED) is 0.598. The zero-order valence-electron chi connectivity index (χ0n) is 18.3. The second-order valence-corrected chi connectivity index (χ2v) is 10.1. The first-order chi connectivity index (χ1) is 15.2. The van der Waals surface area contributed by atoms with Gasteiger partial charge in [0, 0.05) is 12.6 Å². The van der Waals surface area contributed by atoms with Gasteiger partial charge in [0.15, 0.2) is 0 Å². The molecule has 3 aromatic carbocycles. The average Bonchev–Trinajstić information content (AvgIpc) is 2.88. The molecule has 1 aliphatic rings. The Labute approximate surface area is 188 Å². The van der Waals surface area contributed by atoms with E-state index < -0.39 is 15.4 Å². The highest BCUT2D eigenvalue weighted by Crippen LogP contribution is 2.38. The molecule has 0 radical (unpaired) electrons. The van der Waals surface area contributed by atoms with Crippen molar-refractivity contribution in [2.24, 2.45) is 5.41 Å². The Morgan fingerprint density at radius 3 is 2.28 bits per heavy atom. The molecule has 0 saturated heterocycles. The Morgan fingerprint density at radius 1 is 0.969 bits per heavy atom. The molecule has 0 aromatic heterocycles. The van der Waals surface area contributed by atoms with Crippen molar-refractivity contribution in [2.45, 2.75) is 25.7 Å². The number of carbonyl (C=O) groups excluding carboxylic acids is 1. The number of sulfonamides is 1. The Balaban J connectivity index is 1.59. The van der Waals surface area contributed by atoms with Crippen molar-refractivity contribution in [3.05, 3.63) is 72.8 Å². The van der Waals surface area contributed by atoms with E-state index >= 15 is 0 Å². The number of hydrogen-bond acceptors (Lipinski definition) is 4. The molecular formula is C25H26N2O4S. The van der Waals surface area contributed by atoms with Crippen molar-refractivity contribution >= 4 is 27.3 Å². The summed E-state index contributed by atoms with van der Waals surface area (Å²) in [5, 5.41) is 0. The van der Waals surface area contributed by atoms with Gasteiger partial charge >= 0.3 is 0 Å². The number of fused-ring (bicyclic) bond motifs is 1. The first-order valence-electron chi connectivity index (χ1n) is 10.5. The van der Waals surface area contributed by atoms with Crippen molar-refractivity contribution in [2.75, 3.05) is 22.8 Å². The van der Waals surface area contributed by atoms with Crippen LogP contribution >= 0.6 is 0 Å². The van der Waals surface area contributed by atoms with E-state index in [-0.39, 0.29) is 17.4 Å². The maximum atomic E-state index is 12.9. The summed E-state index contributed by atoms with van der Waals surface area (Å²) < 4.78 is 34.4. The van der Waals surface area contributed by atoms with Crippen molar-refractivity contribution in [1.29, 1.82) is 0 Å². The van der Waals surface area contributed by atoms with Gasteiger partial charge in [0.25, 0.3) is 10.0 Å². The van der Waals surface area contributed by atoms with Crippen molar-refractivity contribution < 1.29 is 17.9 Å². The van der Waals surface area contributed by atoms with Gasteiger partial charge in [0.1, 0.15) is 12.4 Å². The van der Waals surface area contributed by atoms with Gasteiger partial charge in [-0.25, -0.2) is 8.42 Å². The van der Waals surface area contributed by atoms with Crippen LogP contribution in [0.4, 0.5) is 11.4 Å². The highest BCUT2D eigenvalue weighted by Gasteiger charge is 2.37. The second-order valence-electron chi connectivity index (χ2n) is 8.40. The summed E-state index contributed by atoms with van der Waals surface area (Å²) in [6.45, 7) is 6.29. The summed E-state index contributed by atoms with van der Waals surface area (Å²) >= 11 is 0. The van der Waals surface area contributed by atoms with E-state index in [9.17, 15) is 13.2 Å². The third-order valence-electron chi connectivity index (χ3n) is 5.50. The molecule has 1 heterocycles. The molecule has 0 atom stereocenters. The molecule has 1 amide bonds.